The highest BCUT2D eigenvalue weighted by Gasteiger charge is 2.27. The van der Waals surface area contributed by atoms with Gasteiger partial charge in [-0.15, -0.1) is 0 Å². The molecule has 0 aliphatic carbocycles. The second-order valence-corrected chi connectivity index (χ2v) is 7.67. The maximum atomic E-state index is 11.2. The lowest BCUT2D eigenvalue weighted by atomic mass is 10.00. The van der Waals surface area contributed by atoms with Crippen LogP contribution in [0.3, 0.4) is 0 Å². The van der Waals surface area contributed by atoms with Gasteiger partial charge in [0.1, 0.15) is 5.75 Å². The molecule has 3 rings (SSSR count). The molecule has 0 radical (unpaired) electrons. The summed E-state index contributed by atoms with van der Waals surface area (Å²) in [5.74, 6) is 0.922. The van der Waals surface area contributed by atoms with Gasteiger partial charge < -0.3 is 19.3 Å². The van der Waals surface area contributed by atoms with E-state index in [0.717, 1.165) is 75.5 Å². The van der Waals surface area contributed by atoms with E-state index in [2.05, 4.69) is 35.8 Å². The molecule has 1 atom stereocenters. The molecule has 30 heavy (non-hydrogen) atoms. The first-order valence-corrected chi connectivity index (χ1v) is 11.2. The number of aryl methyl sites for hydroxylation is 1. The quantitative estimate of drug-likeness (QED) is 0.371. The van der Waals surface area contributed by atoms with Crippen molar-refractivity contribution in [2.45, 2.75) is 45.8 Å². The van der Waals surface area contributed by atoms with Crippen molar-refractivity contribution in [2.24, 2.45) is 0 Å². The molecule has 2 aromatic rings. The third-order valence-electron chi connectivity index (χ3n) is 5.79. The van der Waals surface area contributed by atoms with Crippen molar-refractivity contribution in [1.29, 1.82) is 0 Å². The van der Waals surface area contributed by atoms with Gasteiger partial charge in [-0.05, 0) is 69.1 Å². The van der Waals surface area contributed by atoms with E-state index in [1.165, 1.54) is 5.56 Å². The zero-order valence-corrected chi connectivity index (χ0v) is 18.3. The van der Waals surface area contributed by atoms with Gasteiger partial charge in [0, 0.05) is 17.8 Å². The summed E-state index contributed by atoms with van der Waals surface area (Å²) in [4.78, 5) is 15.8. The number of benzene rings is 2. The lowest BCUT2D eigenvalue weighted by Gasteiger charge is -2.36. The first kappa shape index (κ1) is 22.2. The van der Waals surface area contributed by atoms with Crippen molar-refractivity contribution in [2.75, 3.05) is 37.7 Å². The Morgan fingerprint density at radius 1 is 1.10 bits per heavy atom. The van der Waals surface area contributed by atoms with E-state index >= 15 is 0 Å². The number of ether oxygens (including phenoxy) is 2. The Hall–Kier alpha value is -2.53. The number of anilines is 1. The van der Waals surface area contributed by atoms with E-state index in [9.17, 15) is 4.79 Å². The monoisotopic (exact) mass is 410 g/mol. The van der Waals surface area contributed by atoms with E-state index in [1.807, 2.05) is 36.4 Å². The molecule has 1 unspecified atom stereocenters. The standard InChI is InChI=1S/C25H34N2O3/c1-3-26(4-2)16-8-9-18-29-23-14-15-24-22(19-23)13-10-17-27(24)25(30-20-28)21-11-6-5-7-12-21/h5-7,11-12,14-15,19-20,25H,3-4,8-10,13,16-18H2,1-2H3. The van der Waals surface area contributed by atoms with Gasteiger partial charge >= 0.3 is 0 Å². The van der Waals surface area contributed by atoms with Crippen molar-refractivity contribution in [3.63, 3.8) is 0 Å². The average Bonchev–Trinajstić information content (AvgIpc) is 2.80. The maximum Gasteiger partial charge on any atom is 0.295 e. The molecule has 0 fully saturated rings. The van der Waals surface area contributed by atoms with Gasteiger partial charge in [-0.1, -0.05) is 44.2 Å². The minimum absolute atomic E-state index is 0.408. The summed E-state index contributed by atoms with van der Waals surface area (Å²) in [6, 6.07) is 16.2. The first-order chi connectivity index (χ1) is 14.8. The summed E-state index contributed by atoms with van der Waals surface area (Å²) in [6.45, 7) is 9.90. The van der Waals surface area contributed by atoms with E-state index < -0.39 is 6.23 Å². The van der Waals surface area contributed by atoms with Gasteiger partial charge in [-0.25, -0.2) is 0 Å². The van der Waals surface area contributed by atoms with Crippen LogP contribution >= 0.6 is 0 Å². The van der Waals surface area contributed by atoms with Crippen LogP contribution in [0, 0.1) is 0 Å². The highest BCUT2D eigenvalue weighted by molar-refractivity contribution is 5.59. The zero-order chi connectivity index (χ0) is 21.2. The Balaban J connectivity index is 1.63. The van der Waals surface area contributed by atoms with Crippen molar-refractivity contribution in [3.8, 4) is 5.75 Å². The van der Waals surface area contributed by atoms with Gasteiger partial charge in [0.25, 0.3) is 6.47 Å². The van der Waals surface area contributed by atoms with Crippen LogP contribution in [0.1, 0.15) is 50.5 Å². The van der Waals surface area contributed by atoms with E-state index in [1.54, 1.807) is 0 Å². The molecular weight excluding hydrogens is 376 g/mol. The number of carbonyl (C=O) groups excluding carboxylic acids is 1. The Morgan fingerprint density at radius 3 is 2.63 bits per heavy atom. The largest absolute Gasteiger partial charge is 0.494 e. The van der Waals surface area contributed by atoms with Crippen LogP contribution in [-0.2, 0) is 16.0 Å². The predicted molar refractivity (Wildman–Crippen MR) is 121 cm³/mol. The molecule has 0 N–H and O–H groups in total. The Labute approximate surface area is 180 Å². The summed E-state index contributed by atoms with van der Waals surface area (Å²) in [5.41, 5.74) is 3.34. The smallest absolute Gasteiger partial charge is 0.295 e. The third-order valence-corrected chi connectivity index (χ3v) is 5.79. The van der Waals surface area contributed by atoms with Crippen LogP contribution in [-0.4, -0.2) is 44.2 Å². The van der Waals surface area contributed by atoms with Crippen LogP contribution in [0.4, 0.5) is 5.69 Å². The summed E-state index contributed by atoms with van der Waals surface area (Å²) in [7, 11) is 0. The maximum absolute atomic E-state index is 11.2. The Kier molecular flexibility index (Phi) is 8.57. The fraction of sp³-hybridized carbons (Fsp3) is 0.480. The summed E-state index contributed by atoms with van der Waals surface area (Å²) >= 11 is 0. The highest BCUT2D eigenvalue weighted by atomic mass is 16.5. The molecule has 5 heteroatoms. The number of unbranched alkanes of at least 4 members (excludes halogenated alkanes) is 1. The molecule has 1 heterocycles. The number of hydrogen-bond acceptors (Lipinski definition) is 5. The molecule has 0 bridgehead atoms. The van der Waals surface area contributed by atoms with Gasteiger partial charge in [-0.3, -0.25) is 4.79 Å². The van der Waals surface area contributed by atoms with Crippen molar-refractivity contribution in [1.82, 2.24) is 4.90 Å². The zero-order valence-electron chi connectivity index (χ0n) is 18.3. The SMILES string of the molecule is CCN(CC)CCCCOc1ccc2c(c1)CCCN2C(OC=O)c1ccccc1. The van der Waals surface area contributed by atoms with E-state index in [0.29, 0.717) is 6.47 Å². The lowest BCUT2D eigenvalue weighted by molar-refractivity contribution is -0.134. The summed E-state index contributed by atoms with van der Waals surface area (Å²) in [5, 5.41) is 0. The number of hydrogen-bond donors (Lipinski definition) is 0. The fourth-order valence-corrected chi connectivity index (χ4v) is 4.11. The molecule has 0 spiro atoms. The van der Waals surface area contributed by atoms with Crippen molar-refractivity contribution < 1.29 is 14.3 Å². The molecule has 0 saturated carbocycles. The molecular formula is C25H34N2O3. The molecule has 0 amide bonds. The topological polar surface area (TPSA) is 42.0 Å². The Morgan fingerprint density at radius 2 is 1.90 bits per heavy atom. The number of nitrogens with zero attached hydrogens (tertiary/aromatic N) is 2. The molecule has 0 aromatic heterocycles. The Bertz CT molecular complexity index is 777. The van der Waals surface area contributed by atoms with Crippen molar-refractivity contribution >= 4 is 12.2 Å². The van der Waals surface area contributed by atoms with Crippen LogP contribution in [0.15, 0.2) is 48.5 Å². The second kappa shape index (κ2) is 11.6. The summed E-state index contributed by atoms with van der Waals surface area (Å²) < 4.78 is 11.5. The second-order valence-electron chi connectivity index (χ2n) is 7.67. The average molecular weight is 411 g/mol. The van der Waals surface area contributed by atoms with Crippen LogP contribution in [0.25, 0.3) is 0 Å². The summed E-state index contributed by atoms with van der Waals surface area (Å²) in [6.07, 6.45) is 3.83. The molecule has 5 nitrogen and oxygen atoms in total. The number of rotatable bonds is 12. The third kappa shape index (κ3) is 5.76. The molecule has 1 aliphatic rings. The predicted octanol–water partition coefficient (Wildman–Crippen LogP) is 4.81. The van der Waals surface area contributed by atoms with Crippen LogP contribution in [0.5, 0.6) is 5.75 Å². The van der Waals surface area contributed by atoms with E-state index in [-0.39, 0.29) is 0 Å². The molecule has 162 valence electrons. The first-order valence-electron chi connectivity index (χ1n) is 11.2. The van der Waals surface area contributed by atoms with Crippen molar-refractivity contribution in [3.05, 3.63) is 59.7 Å². The van der Waals surface area contributed by atoms with Gasteiger partial charge in [0.2, 0.25) is 6.23 Å². The van der Waals surface area contributed by atoms with E-state index in [4.69, 9.17) is 9.47 Å². The molecule has 0 saturated heterocycles. The van der Waals surface area contributed by atoms with Crippen LogP contribution < -0.4 is 9.64 Å². The number of carbonyl (C=O) groups is 1. The number of fused-ring (bicyclic) bond motifs is 1. The molecule has 1 aliphatic heterocycles. The van der Waals surface area contributed by atoms with Gasteiger partial charge in [0.15, 0.2) is 0 Å². The minimum atomic E-state index is -0.408. The minimum Gasteiger partial charge on any atom is -0.494 e. The normalized spacial score (nSPS) is 14.3. The lowest BCUT2D eigenvalue weighted by Crippen LogP contribution is -2.35. The molecule has 2 aromatic carbocycles. The fourth-order valence-electron chi connectivity index (χ4n) is 4.11. The van der Waals surface area contributed by atoms with Gasteiger partial charge in [-0.2, -0.15) is 0 Å². The highest BCUT2D eigenvalue weighted by Crippen LogP contribution is 2.36. The van der Waals surface area contributed by atoms with Crippen LogP contribution in [0.2, 0.25) is 0 Å². The van der Waals surface area contributed by atoms with Gasteiger partial charge in [0.05, 0.1) is 6.61 Å².